The maximum Gasteiger partial charge on any atom is 0.206 e. The van der Waals surface area contributed by atoms with Crippen molar-refractivity contribution in [2.24, 2.45) is 5.92 Å². The molecule has 1 heterocycles. The topological polar surface area (TPSA) is 52.5 Å². The summed E-state index contributed by atoms with van der Waals surface area (Å²) in [7, 11) is 0. The summed E-state index contributed by atoms with van der Waals surface area (Å²) in [6, 6.07) is 2.89. The van der Waals surface area contributed by atoms with Gasteiger partial charge in [-0.3, -0.25) is 0 Å². The molecule has 0 spiro atoms. The third-order valence-electron chi connectivity index (χ3n) is 3.15. The van der Waals surface area contributed by atoms with Gasteiger partial charge >= 0.3 is 0 Å². The van der Waals surface area contributed by atoms with Gasteiger partial charge in [0.2, 0.25) is 5.82 Å². The van der Waals surface area contributed by atoms with Crippen LogP contribution in [0.25, 0.3) is 0 Å². The predicted octanol–water partition coefficient (Wildman–Crippen LogP) is 1.78. The van der Waals surface area contributed by atoms with E-state index in [-0.39, 0.29) is 0 Å². The normalized spacial score (nSPS) is 17.6. The van der Waals surface area contributed by atoms with Crippen LogP contribution in [0.1, 0.15) is 18.4 Å². The van der Waals surface area contributed by atoms with E-state index in [1.807, 2.05) is 0 Å². The summed E-state index contributed by atoms with van der Waals surface area (Å²) in [5, 5.41) is 21.9. The molecule has 1 aliphatic rings. The highest BCUT2D eigenvalue weighted by Gasteiger charge is 2.18. The Morgan fingerprint density at radius 2 is 1.94 bits per heavy atom. The van der Waals surface area contributed by atoms with Crippen molar-refractivity contribution in [3.05, 3.63) is 23.5 Å². The second kappa shape index (κ2) is 4.70. The Labute approximate surface area is 93.9 Å². The quantitative estimate of drug-likeness (QED) is 0.719. The fourth-order valence-electron chi connectivity index (χ4n) is 2.16. The molecule has 4 heteroatoms. The van der Waals surface area contributed by atoms with Crippen molar-refractivity contribution in [2.45, 2.75) is 19.3 Å². The number of phenols is 2. The molecular formula is C12H16FNO2. The van der Waals surface area contributed by atoms with Crippen molar-refractivity contribution >= 4 is 0 Å². The molecule has 0 aromatic heterocycles. The number of phenolic OH excluding ortho intramolecular Hbond substituents is 2. The Morgan fingerprint density at radius 3 is 2.62 bits per heavy atom. The Morgan fingerprint density at radius 1 is 1.25 bits per heavy atom. The molecule has 3 N–H and O–H groups in total. The molecule has 0 bridgehead atoms. The standard InChI is InChI=1S/C12H16FNO2/c13-11-10(15)2-1-9(12(11)16)7-8-3-5-14-6-4-8/h1-2,8,14-16H,3-7H2. The molecular weight excluding hydrogens is 209 g/mol. The van der Waals surface area contributed by atoms with E-state index < -0.39 is 17.3 Å². The molecule has 0 saturated carbocycles. The zero-order chi connectivity index (χ0) is 11.5. The zero-order valence-electron chi connectivity index (χ0n) is 9.04. The molecule has 1 fully saturated rings. The molecule has 0 amide bonds. The van der Waals surface area contributed by atoms with Crippen molar-refractivity contribution in [3.63, 3.8) is 0 Å². The number of rotatable bonds is 2. The Bertz CT molecular complexity index is 376. The molecule has 3 nitrogen and oxygen atoms in total. The minimum Gasteiger partial charge on any atom is -0.505 e. The van der Waals surface area contributed by atoms with Gasteiger partial charge in [-0.2, -0.15) is 4.39 Å². The molecule has 1 aromatic rings. The van der Waals surface area contributed by atoms with Crippen molar-refractivity contribution < 1.29 is 14.6 Å². The zero-order valence-corrected chi connectivity index (χ0v) is 9.04. The van der Waals surface area contributed by atoms with Crippen LogP contribution in [0, 0.1) is 11.7 Å². The van der Waals surface area contributed by atoms with E-state index in [4.69, 9.17) is 5.11 Å². The maximum atomic E-state index is 13.2. The average molecular weight is 225 g/mol. The lowest BCUT2D eigenvalue weighted by molar-refractivity contribution is 0.355. The lowest BCUT2D eigenvalue weighted by atomic mass is 9.90. The van der Waals surface area contributed by atoms with Crippen molar-refractivity contribution in [2.75, 3.05) is 13.1 Å². The van der Waals surface area contributed by atoms with Gasteiger partial charge < -0.3 is 15.5 Å². The molecule has 88 valence electrons. The summed E-state index contributed by atoms with van der Waals surface area (Å²) in [4.78, 5) is 0. The lowest BCUT2D eigenvalue weighted by Gasteiger charge is -2.22. The monoisotopic (exact) mass is 225 g/mol. The van der Waals surface area contributed by atoms with Crippen LogP contribution in [0.3, 0.4) is 0 Å². The van der Waals surface area contributed by atoms with Crippen molar-refractivity contribution in [1.29, 1.82) is 0 Å². The van der Waals surface area contributed by atoms with Crippen LogP contribution in [-0.4, -0.2) is 23.3 Å². The predicted molar refractivity (Wildman–Crippen MR) is 59.0 cm³/mol. The first-order valence-corrected chi connectivity index (χ1v) is 5.58. The second-order valence-electron chi connectivity index (χ2n) is 4.30. The van der Waals surface area contributed by atoms with E-state index >= 15 is 0 Å². The number of aromatic hydroxyl groups is 2. The lowest BCUT2D eigenvalue weighted by Crippen LogP contribution is -2.28. The number of hydrogen-bond donors (Lipinski definition) is 3. The Kier molecular flexibility index (Phi) is 3.29. The Hall–Kier alpha value is -1.29. The Balaban J connectivity index is 2.11. The fourth-order valence-corrected chi connectivity index (χ4v) is 2.16. The number of piperidine rings is 1. The first-order valence-electron chi connectivity index (χ1n) is 5.58. The smallest absolute Gasteiger partial charge is 0.206 e. The fraction of sp³-hybridized carbons (Fsp3) is 0.500. The number of halogens is 1. The van der Waals surface area contributed by atoms with E-state index in [9.17, 15) is 9.50 Å². The van der Waals surface area contributed by atoms with E-state index in [1.54, 1.807) is 6.07 Å². The highest BCUT2D eigenvalue weighted by molar-refractivity contribution is 5.41. The summed E-state index contributed by atoms with van der Waals surface area (Å²) < 4.78 is 13.2. The van der Waals surface area contributed by atoms with E-state index in [2.05, 4.69) is 5.32 Å². The molecule has 1 aliphatic heterocycles. The van der Waals surface area contributed by atoms with Gasteiger partial charge in [0, 0.05) is 0 Å². The number of hydrogen-bond acceptors (Lipinski definition) is 3. The molecule has 16 heavy (non-hydrogen) atoms. The van der Waals surface area contributed by atoms with E-state index in [1.165, 1.54) is 6.07 Å². The van der Waals surface area contributed by atoms with E-state index in [0.717, 1.165) is 25.9 Å². The van der Waals surface area contributed by atoms with Crippen LogP contribution >= 0.6 is 0 Å². The summed E-state index contributed by atoms with van der Waals surface area (Å²) in [5.41, 5.74) is 0.585. The minimum absolute atomic E-state index is 0.404. The molecule has 2 rings (SSSR count). The molecule has 0 radical (unpaired) electrons. The molecule has 0 unspecified atom stereocenters. The highest BCUT2D eigenvalue weighted by Crippen LogP contribution is 2.31. The van der Waals surface area contributed by atoms with Gasteiger partial charge in [-0.1, -0.05) is 6.07 Å². The average Bonchev–Trinajstić information content (AvgIpc) is 2.31. The van der Waals surface area contributed by atoms with Crippen LogP contribution in [-0.2, 0) is 6.42 Å². The summed E-state index contributed by atoms with van der Waals surface area (Å²) in [6.45, 7) is 1.96. The van der Waals surface area contributed by atoms with Gasteiger partial charge in [0.25, 0.3) is 0 Å². The van der Waals surface area contributed by atoms with Crippen LogP contribution in [0.15, 0.2) is 12.1 Å². The van der Waals surface area contributed by atoms with Gasteiger partial charge in [0.15, 0.2) is 11.5 Å². The van der Waals surface area contributed by atoms with Crippen molar-refractivity contribution in [3.8, 4) is 11.5 Å². The van der Waals surface area contributed by atoms with Crippen molar-refractivity contribution in [1.82, 2.24) is 5.32 Å². The van der Waals surface area contributed by atoms with Gasteiger partial charge in [-0.25, -0.2) is 0 Å². The summed E-state index contributed by atoms with van der Waals surface area (Å²) in [6.07, 6.45) is 2.76. The minimum atomic E-state index is -0.911. The third-order valence-corrected chi connectivity index (χ3v) is 3.15. The first kappa shape index (κ1) is 11.2. The summed E-state index contributed by atoms with van der Waals surface area (Å²) in [5.74, 6) is -1.33. The molecule has 1 aromatic carbocycles. The third kappa shape index (κ3) is 2.27. The largest absolute Gasteiger partial charge is 0.505 e. The SMILES string of the molecule is Oc1ccc(CC2CCNCC2)c(O)c1F. The summed E-state index contributed by atoms with van der Waals surface area (Å²) >= 11 is 0. The number of benzene rings is 1. The maximum absolute atomic E-state index is 13.2. The van der Waals surface area contributed by atoms with Crippen LogP contribution in [0.5, 0.6) is 11.5 Å². The van der Waals surface area contributed by atoms with Gasteiger partial charge in [0.1, 0.15) is 0 Å². The molecule has 0 atom stereocenters. The van der Waals surface area contributed by atoms with E-state index in [0.29, 0.717) is 17.9 Å². The highest BCUT2D eigenvalue weighted by atomic mass is 19.1. The van der Waals surface area contributed by atoms with Gasteiger partial charge in [-0.05, 0) is 49.9 Å². The first-order chi connectivity index (χ1) is 7.68. The second-order valence-corrected chi connectivity index (χ2v) is 4.30. The van der Waals surface area contributed by atoms with Gasteiger partial charge in [0.05, 0.1) is 0 Å². The van der Waals surface area contributed by atoms with Gasteiger partial charge in [-0.15, -0.1) is 0 Å². The van der Waals surface area contributed by atoms with Crippen LogP contribution < -0.4 is 5.32 Å². The number of nitrogens with one attached hydrogen (secondary N) is 1. The molecule has 1 saturated heterocycles. The molecule has 0 aliphatic carbocycles. The van der Waals surface area contributed by atoms with Crippen LogP contribution in [0.2, 0.25) is 0 Å². The van der Waals surface area contributed by atoms with Crippen LogP contribution in [0.4, 0.5) is 4.39 Å².